The molecule has 0 saturated carbocycles. The monoisotopic (exact) mass is 200 g/mol. The molecular weight excluding hydrogens is 191 g/mol. The third-order valence-electron chi connectivity index (χ3n) is 2.13. The molecule has 15 heavy (non-hydrogen) atoms. The molecule has 0 amide bonds. The van der Waals surface area contributed by atoms with Crippen LogP contribution in [0.2, 0.25) is 0 Å². The minimum atomic E-state index is -1.28. The fraction of sp³-hybridized carbons (Fsp3) is 0.0833. The summed E-state index contributed by atoms with van der Waals surface area (Å²) in [4.78, 5) is 3.91. The molecule has 2 rings (SSSR count). The summed E-state index contributed by atoms with van der Waals surface area (Å²) in [5, 5.41) is 0. The highest BCUT2D eigenvalue weighted by atomic mass is 19.1. The topological polar surface area (TPSA) is 17.8 Å². The lowest BCUT2D eigenvalue weighted by Crippen LogP contribution is -2.02. The maximum absolute atomic E-state index is 14.0. The van der Waals surface area contributed by atoms with Crippen molar-refractivity contribution in [1.82, 2.24) is 9.55 Å². The normalized spacial score (nSPS) is 12.0. The van der Waals surface area contributed by atoms with Gasteiger partial charge in [-0.25, -0.2) is 9.37 Å². The van der Waals surface area contributed by atoms with Crippen molar-refractivity contribution in [2.45, 2.75) is 6.17 Å². The van der Waals surface area contributed by atoms with Crippen molar-refractivity contribution in [2.24, 2.45) is 0 Å². The van der Waals surface area contributed by atoms with Crippen molar-refractivity contribution < 1.29 is 4.39 Å². The van der Waals surface area contributed by atoms with Gasteiger partial charge in [0.2, 0.25) is 0 Å². The van der Waals surface area contributed by atoms with E-state index in [1.165, 1.54) is 10.8 Å². The minimum Gasteiger partial charge on any atom is -0.260 e. The van der Waals surface area contributed by atoms with E-state index in [0.717, 1.165) is 0 Å². The van der Waals surface area contributed by atoms with Crippen molar-refractivity contribution in [2.75, 3.05) is 0 Å². The average molecular weight is 200 g/mol. The predicted molar refractivity (Wildman–Crippen MR) is 55.9 cm³/mol. The number of rotatable bonds is 2. The molecule has 1 aromatic heterocycles. The Kier molecular flexibility index (Phi) is 2.51. The second kappa shape index (κ2) is 3.97. The molecule has 0 saturated heterocycles. The van der Waals surface area contributed by atoms with E-state index >= 15 is 0 Å². The second-order valence-electron chi connectivity index (χ2n) is 3.06. The lowest BCUT2D eigenvalue weighted by Gasteiger charge is -2.07. The number of halogens is 1. The summed E-state index contributed by atoms with van der Waals surface area (Å²) in [5.74, 6) is 0.240. The molecule has 0 aliphatic rings. The Morgan fingerprint density at radius 3 is 2.73 bits per heavy atom. The maximum Gasteiger partial charge on any atom is 0.184 e. The Bertz CT molecular complexity index is 482. The summed E-state index contributed by atoms with van der Waals surface area (Å²) < 4.78 is 15.3. The first-order valence-corrected chi connectivity index (χ1v) is 4.52. The molecule has 0 radical (unpaired) electrons. The van der Waals surface area contributed by atoms with Crippen LogP contribution in [0.15, 0.2) is 42.7 Å². The highest BCUT2D eigenvalue weighted by Gasteiger charge is 2.16. The highest BCUT2D eigenvalue weighted by molar-refractivity contribution is 5.24. The second-order valence-corrected chi connectivity index (χ2v) is 3.06. The van der Waals surface area contributed by atoms with E-state index in [0.29, 0.717) is 5.56 Å². The average Bonchev–Trinajstić information content (AvgIpc) is 2.77. The van der Waals surface area contributed by atoms with E-state index in [1.54, 1.807) is 30.5 Å². The molecule has 1 unspecified atom stereocenters. The molecule has 3 heteroatoms. The summed E-state index contributed by atoms with van der Waals surface area (Å²) in [6.07, 6.45) is 6.99. The SMILES string of the molecule is C#Cn1ccnc1C(F)c1ccccc1. The molecule has 2 nitrogen and oxygen atoms in total. The predicted octanol–water partition coefficient (Wildman–Crippen LogP) is 2.38. The van der Waals surface area contributed by atoms with Crippen LogP contribution in [-0.4, -0.2) is 9.55 Å². The van der Waals surface area contributed by atoms with Crippen LogP contribution in [0, 0.1) is 12.5 Å². The molecule has 2 aromatic rings. The van der Waals surface area contributed by atoms with Crippen LogP contribution in [0.5, 0.6) is 0 Å². The fourth-order valence-electron chi connectivity index (χ4n) is 1.38. The third-order valence-corrected chi connectivity index (χ3v) is 2.13. The van der Waals surface area contributed by atoms with Crippen molar-refractivity contribution in [3.63, 3.8) is 0 Å². The molecule has 1 aromatic carbocycles. The largest absolute Gasteiger partial charge is 0.260 e. The van der Waals surface area contributed by atoms with Gasteiger partial charge in [-0.2, -0.15) is 0 Å². The van der Waals surface area contributed by atoms with Gasteiger partial charge >= 0.3 is 0 Å². The Morgan fingerprint density at radius 1 is 1.33 bits per heavy atom. The van der Waals surface area contributed by atoms with Crippen LogP contribution in [0.3, 0.4) is 0 Å². The lowest BCUT2D eigenvalue weighted by molar-refractivity contribution is 0.381. The van der Waals surface area contributed by atoms with Crippen LogP contribution in [0.25, 0.3) is 0 Å². The zero-order valence-corrected chi connectivity index (χ0v) is 7.97. The summed E-state index contributed by atoms with van der Waals surface area (Å²) >= 11 is 0. The Hall–Kier alpha value is -2.08. The molecule has 0 aliphatic carbocycles. The third kappa shape index (κ3) is 1.75. The number of nitrogens with zero attached hydrogens (tertiary/aromatic N) is 2. The molecule has 1 atom stereocenters. The van der Waals surface area contributed by atoms with Crippen molar-refractivity contribution in [3.05, 3.63) is 54.1 Å². The Morgan fingerprint density at radius 2 is 2.07 bits per heavy atom. The quantitative estimate of drug-likeness (QED) is 0.680. The minimum absolute atomic E-state index is 0.240. The summed E-state index contributed by atoms with van der Waals surface area (Å²) in [5.41, 5.74) is 0.556. The number of benzene rings is 1. The summed E-state index contributed by atoms with van der Waals surface area (Å²) in [6, 6.07) is 11.2. The smallest absolute Gasteiger partial charge is 0.184 e. The van der Waals surface area contributed by atoms with Crippen LogP contribution < -0.4 is 0 Å². The van der Waals surface area contributed by atoms with Gasteiger partial charge in [-0.15, -0.1) is 0 Å². The summed E-state index contributed by atoms with van der Waals surface area (Å²) in [6.45, 7) is 0. The van der Waals surface area contributed by atoms with Crippen LogP contribution in [0.4, 0.5) is 4.39 Å². The van der Waals surface area contributed by atoms with Gasteiger partial charge < -0.3 is 0 Å². The van der Waals surface area contributed by atoms with Crippen LogP contribution in [-0.2, 0) is 0 Å². The van der Waals surface area contributed by atoms with E-state index < -0.39 is 6.17 Å². The first-order valence-electron chi connectivity index (χ1n) is 4.52. The van der Waals surface area contributed by atoms with E-state index in [1.807, 2.05) is 6.07 Å². The molecule has 0 bridgehead atoms. The van der Waals surface area contributed by atoms with Gasteiger partial charge in [0.15, 0.2) is 12.0 Å². The van der Waals surface area contributed by atoms with Crippen molar-refractivity contribution in [3.8, 4) is 12.5 Å². The maximum atomic E-state index is 14.0. The fourth-order valence-corrected chi connectivity index (χ4v) is 1.38. The molecule has 0 N–H and O–H groups in total. The van der Waals surface area contributed by atoms with Gasteiger partial charge in [0.25, 0.3) is 0 Å². The number of hydrogen-bond acceptors (Lipinski definition) is 1. The van der Waals surface area contributed by atoms with Gasteiger partial charge in [-0.1, -0.05) is 36.8 Å². The number of aromatic nitrogens is 2. The van der Waals surface area contributed by atoms with Gasteiger partial charge in [0.05, 0.1) is 0 Å². The first-order chi connectivity index (χ1) is 7.33. The number of hydrogen-bond donors (Lipinski definition) is 0. The zero-order chi connectivity index (χ0) is 10.7. The van der Waals surface area contributed by atoms with Crippen molar-refractivity contribution >= 4 is 0 Å². The van der Waals surface area contributed by atoms with Gasteiger partial charge in [-0.05, 0) is 5.56 Å². The molecule has 0 aliphatic heterocycles. The standard InChI is InChI=1S/C12H9FN2/c1-2-15-9-8-14-12(15)11(13)10-6-4-3-5-7-10/h1,3-9,11H. The summed E-state index contributed by atoms with van der Waals surface area (Å²) in [7, 11) is 0. The number of imidazole rings is 1. The lowest BCUT2D eigenvalue weighted by atomic mass is 10.1. The van der Waals surface area contributed by atoms with E-state index in [9.17, 15) is 4.39 Å². The van der Waals surface area contributed by atoms with Gasteiger partial charge in [-0.3, -0.25) is 4.57 Å². The van der Waals surface area contributed by atoms with Crippen molar-refractivity contribution in [1.29, 1.82) is 0 Å². The van der Waals surface area contributed by atoms with E-state index in [-0.39, 0.29) is 5.82 Å². The molecule has 1 heterocycles. The number of alkyl halides is 1. The molecule has 0 spiro atoms. The van der Waals surface area contributed by atoms with E-state index in [4.69, 9.17) is 6.42 Å². The molecule has 0 fully saturated rings. The molecule has 74 valence electrons. The highest BCUT2D eigenvalue weighted by Crippen LogP contribution is 2.23. The Balaban J connectivity index is 2.38. The van der Waals surface area contributed by atoms with Gasteiger partial charge in [0, 0.05) is 18.4 Å². The Labute approximate surface area is 87.4 Å². The molecular formula is C12H9FN2. The number of terminal acetylenes is 1. The zero-order valence-electron chi connectivity index (χ0n) is 7.97. The van der Waals surface area contributed by atoms with Gasteiger partial charge in [0.1, 0.15) is 0 Å². The van der Waals surface area contributed by atoms with E-state index in [2.05, 4.69) is 11.0 Å². The van der Waals surface area contributed by atoms with Crippen LogP contribution in [0.1, 0.15) is 17.6 Å². The van der Waals surface area contributed by atoms with Crippen LogP contribution >= 0.6 is 0 Å². The first kappa shape index (κ1) is 9.47.